The number of rotatable bonds is 7. The third-order valence-corrected chi connectivity index (χ3v) is 7.08. The first-order chi connectivity index (χ1) is 15.6. The van der Waals surface area contributed by atoms with Crippen LogP contribution in [0.5, 0.6) is 5.75 Å². The first-order valence-corrected chi connectivity index (χ1v) is 11.6. The lowest BCUT2D eigenvalue weighted by molar-refractivity contribution is -0.0498. The summed E-state index contributed by atoms with van der Waals surface area (Å²) in [4.78, 5) is 2.67. The van der Waals surface area contributed by atoms with Crippen molar-refractivity contribution in [1.29, 1.82) is 0 Å². The van der Waals surface area contributed by atoms with E-state index in [9.17, 15) is 8.78 Å². The lowest BCUT2D eigenvalue weighted by atomic mass is 10.00. The minimum Gasteiger partial charge on any atom is -0.435 e. The molecule has 0 unspecified atom stereocenters. The number of hydrogen-bond acceptors (Lipinski definition) is 6. The molecule has 2 aliphatic heterocycles. The molecule has 2 saturated heterocycles. The molecule has 8 heteroatoms. The number of benzene rings is 1. The highest BCUT2D eigenvalue weighted by molar-refractivity contribution is 5.60. The molecule has 1 aromatic carbocycles. The van der Waals surface area contributed by atoms with Crippen LogP contribution in [0.3, 0.4) is 0 Å². The monoisotopic (exact) mass is 444 g/mol. The van der Waals surface area contributed by atoms with E-state index in [0.29, 0.717) is 11.7 Å². The van der Waals surface area contributed by atoms with Crippen LogP contribution in [-0.4, -0.2) is 60.6 Å². The molecular weight excluding hydrogens is 414 g/mol. The molecule has 32 heavy (non-hydrogen) atoms. The normalized spacial score (nSPS) is 26.4. The van der Waals surface area contributed by atoms with Crippen LogP contribution in [0.15, 0.2) is 36.4 Å². The topological polar surface area (TPSA) is 59.5 Å². The average molecular weight is 445 g/mol. The van der Waals surface area contributed by atoms with Crippen molar-refractivity contribution in [3.8, 4) is 17.0 Å². The largest absolute Gasteiger partial charge is 0.435 e. The standard InChI is InChI=1S/C24H30F2N4O2/c25-24(26)32-21-3-1-17(2-4-21)22-5-6-23(29-28-22)27-20-11-18-14-30(15-19(18)12-20)13-16-7-9-31-10-8-16/h1-6,16,18-20,24H,7-15H2,(H,27,29)/t18-,19+,20+. The molecule has 1 aliphatic carbocycles. The maximum Gasteiger partial charge on any atom is 0.387 e. The zero-order valence-corrected chi connectivity index (χ0v) is 18.1. The van der Waals surface area contributed by atoms with E-state index in [-0.39, 0.29) is 5.75 Å². The van der Waals surface area contributed by atoms with E-state index in [0.717, 1.165) is 42.3 Å². The Morgan fingerprint density at radius 1 is 1.00 bits per heavy atom. The van der Waals surface area contributed by atoms with Crippen molar-refractivity contribution in [2.75, 3.05) is 38.2 Å². The zero-order chi connectivity index (χ0) is 21.9. The molecule has 0 radical (unpaired) electrons. The molecule has 1 aromatic heterocycles. The second-order valence-corrected chi connectivity index (χ2v) is 9.31. The Labute approximate surface area is 187 Å². The molecule has 3 aliphatic rings. The molecule has 1 saturated carbocycles. The molecule has 3 fully saturated rings. The summed E-state index contributed by atoms with van der Waals surface area (Å²) in [7, 11) is 0. The average Bonchev–Trinajstić information content (AvgIpc) is 3.33. The highest BCUT2D eigenvalue weighted by atomic mass is 19.3. The van der Waals surface area contributed by atoms with Gasteiger partial charge in [-0.2, -0.15) is 8.78 Å². The summed E-state index contributed by atoms with van der Waals surface area (Å²) in [6, 6.07) is 10.7. The molecule has 0 bridgehead atoms. The smallest absolute Gasteiger partial charge is 0.387 e. The summed E-state index contributed by atoms with van der Waals surface area (Å²) in [5.41, 5.74) is 1.51. The number of aromatic nitrogens is 2. The second kappa shape index (κ2) is 9.67. The van der Waals surface area contributed by atoms with Gasteiger partial charge in [0.25, 0.3) is 0 Å². The maximum atomic E-state index is 12.3. The van der Waals surface area contributed by atoms with Gasteiger partial charge in [0.1, 0.15) is 11.6 Å². The van der Waals surface area contributed by atoms with Crippen molar-refractivity contribution in [3.05, 3.63) is 36.4 Å². The number of nitrogens with one attached hydrogen (secondary N) is 1. The van der Waals surface area contributed by atoms with Gasteiger partial charge in [-0.3, -0.25) is 0 Å². The number of halogens is 2. The number of fused-ring (bicyclic) bond motifs is 1. The van der Waals surface area contributed by atoms with Crippen LogP contribution in [0, 0.1) is 17.8 Å². The molecule has 172 valence electrons. The highest BCUT2D eigenvalue weighted by Crippen LogP contribution is 2.39. The first kappa shape index (κ1) is 21.5. The van der Waals surface area contributed by atoms with Crippen LogP contribution in [0.4, 0.5) is 14.6 Å². The number of likely N-dealkylation sites (tertiary alicyclic amines) is 1. The van der Waals surface area contributed by atoms with Crippen LogP contribution >= 0.6 is 0 Å². The molecule has 0 amide bonds. The minimum absolute atomic E-state index is 0.133. The SMILES string of the molecule is FC(F)Oc1ccc(-c2ccc(N[C@H]3C[C@@H]4CN(CC5CCOCC5)C[C@@H]4C3)nn2)cc1. The zero-order valence-electron chi connectivity index (χ0n) is 18.1. The van der Waals surface area contributed by atoms with Gasteiger partial charge < -0.3 is 19.7 Å². The van der Waals surface area contributed by atoms with E-state index in [2.05, 4.69) is 25.2 Å². The molecule has 3 atom stereocenters. The fourth-order valence-electron chi connectivity index (χ4n) is 5.54. The third kappa shape index (κ3) is 5.18. The van der Waals surface area contributed by atoms with Crippen LogP contribution in [0.2, 0.25) is 0 Å². The first-order valence-electron chi connectivity index (χ1n) is 11.6. The Morgan fingerprint density at radius 2 is 1.72 bits per heavy atom. The van der Waals surface area contributed by atoms with E-state index in [4.69, 9.17) is 4.74 Å². The Kier molecular flexibility index (Phi) is 6.50. The van der Waals surface area contributed by atoms with E-state index < -0.39 is 6.61 Å². The Bertz CT molecular complexity index is 861. The van der Waals surface area contributed by atoms with Crippen LogP contribution in [0.25, 0.3) is 11.3 Å². The molecule has 6 nitrogen and oxygen atoms in total. The second-order valence-electron chi connectivity index (χ2n) is 9.31. The van der Waals surface area contributed by atoms with Crippen LogP contribution in [-0.2, 0) is 4.74 Å². The van der Waals surface area contributed by atoms with Crippen LogP contribution in [0.1, 0.15) is 25.7 Å². The van der Waals surface area contributed by atoms with Crippen molar-refractivity contribution in [2.45, 2.75) is 38.3 Å². The predicted molar refractivity (Wildman–Crippen MR) is 118 cm³/mol. The minimum atomic E-state index is -2.82. The van der Waals surface area contributed by atoms with E-state index in [1.54, 1.807) is 12.1 Å². The van der Waals surface area contributed by atoms with Gasteiger partial charge in [0.2, 0.25) is 0 Å². The molecule has 1 N–H and O–H groups in total. The van der Waals surface area contributed by atoms with Crippen LogP contribution < -0.4 is 10.1 Å². The molecule has 5 rings (SSSR count). The van der Waals surface area contributed by atoms with E-state index >= 15 is 0 Å². The lowest BCUT2D eigenvalue weighted by Gasteiger charge is -2.27. The van der Waals surface area contributed by atoms with Crippen molar-refractivity contribution in [2.24, 2.45) is 17.8 Å². The third-order valence-electron chi connectivity index (χ3n) is 7.08. The quantitative estimate of drug-likeness (QED) is 0.688. The fraction of sp³-hybridized carbons (Fsp3) is 0.583. The molecule has 3 heterocycles. The summed E-state index contributed by atoms with van der Waals surface area (Å²) in [5, 5.41) is 12.2. The number of ether oxygens (including phenoxy) is 2. The van der Waals surface area contributed by atoms with Crippen molar-refractivity contribution < 1.29 is 18.3 Å². The van der Waals surface area contributed by atoms with Gasteiger partial charge in [-0.25, -0.2) is 0 Å². The summed E-state index contributed by atoms with van der Waals surface area (Å²) in [6.45, 7) is 2.70. The van der Waals surface area contributed by atoms with E-state index in [1.165, 1.54) is 57.5 Å². The molecule has 2 aromatic rings. The van der Waals surface area contributed by atoms with E-state index in [1.807, 2.05) is 12.1 Å². The molecule has 0 spiro atoms. The van der Waals surface area contributed by atoms with Crippen molar-refractivity contribution in [3.63, 3.8) is 0 Å². The molecular formula is C24H30F2N4O2. The lowest BCUT2D eigenvalue weighted by Crippen LogP contribution is -2.32. The summed E-state index contributed by atoms with van der Waals surface area (Å²) in [6.07, 6.45) is 4.78. The number of anilines is 1. The van der Waals surface area contributed by atoms with Gasteiger partial charge in [-0.15, -0.1) is 10.2 Å². The van der Waals surface area contributed by atoms with Gasteiger partial charge in [-0.1, -0.05) is 0 Å². The summed E-state index contributed by atoms with van der Waals surface area (Å²) >= 11 is 0. The number of hydrogen-bond donors (Lipinski definition) is 1. The predicted octanol–water partition coefficient (Wildman–Crippen LogP) is 4.29. The van der Waals surface area contributed by atoms with Gasteiger partial charge in [0.05, 0.1) is 5.69 Å². The summed E-state index contributed by atoms with van der Waals surface area (Å²) in [5.74, 6) is 3.27. The van der Waals surface area contributed by atoms with Gasteiger partial charge >= 0.3 is 6.61 Å². The van der Waals surface area contributed by atoms with Crippen molar-refractivity contribution in [1.82, 2.24) is 15.1 Å². The van der Waals surface area contributed by atoms with Gasteiger partial charge in [0.15, 0.2) is 0 Å². The summed E-state index contributed by atoms with van der Waals surface area (Å²) < 4.78 is 34.5. The van der Waals surface area contributed by atoms with Gasteiger partial charge in [0, 0.05) is 44.5 Å². The Balaban J connectivity index is 1.11. The fourth-order valence-corrected chi connectivity index (χ4v) is 5.54. The van der Waals surface area contributed by atoms with Gasteiger partial charge in [-0.05, 0) is 79.8 Å². The maximum absolute atomic E-state index is 12.3. The Morgan fingerprint density at radius 3 is 2.34 bits per heavy atom. The number of nitrogens with zero attached hydrogens (tertiary/aromatic N) is 3. The number of alkyl halides is 2. The highest BCUT2D eigenvalue weighted by Gasteiger charge is 2.41. The van der Waals surface area contributed by atoms with Crippen molar-refractivity contribution >= 4 is 5.82 Å². The Hall–Kier alpha value is -2.32.